The molecule has 0 saturated carbocycles. The second-order valence-corrected chi connectivity index (χ2v) is 6.11. The Morgan fingerprint density at radius 1 is 0.958 bits per heavy atom. The number of hydrogen-bond donors (Lipinski definition) is 0. The van der Waals surface area contributed by atoms with Crippen LogP contribution in [-0.2, 0) is 9.47 Å². The monoisotopic (exact) mass is 337 g/mol. The molecular formula is C18H15N3O2S. The first-order valence-corrected chi connectivity index (χ1v) is 8.45. The van der Waals surface area contributed by atoms with Crippen LogP contribution in [-0.4, -0.2) is 29.9 Å². The normalized spacial score (nSPS) is 14.8. The Bertz CT molecular complexity index is 855. The SMILES string of the molecule is C=Nc1nc(-c2cccc(-c3ccc(C4OCCO4)cc3)n2)cs1. The third kappa shape index (κ3) is 2.99. The van der Waals surface area contributed by atoms with E-state index in [2.05, 4.69) is 16.7 Å². The summed E-state index contributed by atoms with van der Waals surface area (Å²) in [4.78, 5) is 13.0. The Kier molecular flexibility index (Phi) is 4.17. The highest BCUT2D eigenvalue weighted by Gasteiger charge is 2.18. The van der Waals surface area contributed by atoms with Crippen molar-refractivity contribution in [2.45, 2.75) is 6.29 Å². The summed E-state index contributed by atoms with van der Waals surface area (Å²) in [5.41, 5.74) is 4.59. The Hall–Kier alpha value is -2.41. The lowest BCUT2D eigenvalue weighted by atomic mass is 10.1. The van der Waals surface area contributed by atoms with E-state index in [4.69, 9.17) is 14.5 Å². The maximum atomic E-state index is 5.52. The molecule has 5 nitrogen and oxygen atoms in total. The summed E-state index contributed by atoms with van der Waals surface area (Å²) < 4.78 is 11.0. The van der Waals surface area contributed by atoms with Gasteiger partial charge in [-0.2, -0.15) is 0 Å². The Balaban J connectivity index is 1.61. The van der Waals surface area contributed by atoms with Crippen LogP contribution in [0.15, 0.2) is 52.8 Å². The van der Waals surface area contributed by atoms with E-state index < -0.39 is 0 Å². The molecule has 120 valence electrons. The third-order valence-corrected chi connectivity index (χ3v) is 4.51. The summed E-state index contributed by atoms with van der Waals surface area (Å²) in [6.45, 7) is 4.79. The Morgan fingerprint density at radius 2 is 1.71 bits per heavy atom. The van der Waals surface area contributed by atoms with E-state index in [-0.39, 0.29) is 6.29 Å². The fourth-order valence-electron chi connectivity index (χ4n) is 2.55. The molecule has 0 amide bonds. The lowest BCUT2D eigenvalue weighted by Gasteiger charge is -2.10. The average Bonchev–Trinajstić information content (AvgIpc) is 3.34. The molecular weight excluding hydrogens is 322 g/mol. The van der Waals surface area contributed by atoms with Crippen molar-refractivity contribution in [2.75, 3.05) is 13.2 Å². The number of benzene rings is 1. The molecule has 6 heteroatoms. The highest BCUT2D eigenvalue weighted by atomic mass is 32.1. The fraction of sp³-hybridized carbons (Fsp3) is 0.167. The molecule has 2 aromatic heterocycles. The molecule has 0 bridgehead atoms. The number of thiazole rings is 1. The fourth-order valence-corrected chi connectivity index (χ4v) is 3.17. The van der Waals surface area contributed by atoms with E-state index in [0.717, 1.165) is 28.2 Å². The first-order valence-electron chi connectivity index (χ1n) is 7.57. The van der Waals surface area contributed by atoms with Crippen LogP contribution in [0.5, 0.6) is 0 Å². The molecule has 1 aliphatic heterocycles. The van der Waals surface area contributed by atoms with Gasteiger partial charge in [0.15, 0.2) is 6.29 Å². The zero-order valence-corrected chi connectivity index (χ0v) is 13.7. The molecule has 3 heterocycles. The second-order valence-electron chi connectivity index (χ2n) is 5.28. The van der Waals surface area contributed by atoms with Crippen molar-refractivity contribution in [1.29, 1.82) is 0 Å². The highest BCUT2D eigenvalue weighted by molar-refractivity contribution is 7.13. The van der Waals surface area contributed by atoms with Gasteiger partial charge in [0.2, 0.25) is 5.13 Å². The minimum absolute atomic E-state index is 0.252. The number of ether oxygens (including phenoxy) is 2. The van der Waals surface area contributed by atoms with Gasteiger partial charge in [0.25, 0.3) is 0 Å². The smallest absolute Gasteiger partial charge is 0.209 e. The zero-order valence-electron chi connectivity index (χ0n) is 12.9. The summed E-state index contributed by atoms with van der Waals surface area (Å²) in [6, 6.07) is 14.0. The molecule has 0 radical (unpaired) electrons. The zero-order chi connectivity index (χ0) is 16.4. The van der Waals surface area contributed by atoms with Crippen molar-refractivity contribution < 1.29 is 9.47 Å². The van der Waals surface area contributed by atoms with Crippen molar-refractivity contribution in [2.24, 2.45) is 4.99 Å². The summed E-state index contributed by atoms with van der Waals surface area (Å²) in [5, 5.41) is 2.59. The standard InChI is InChI=1S/C18H15N3O2S/c1-19-18-21-16(11-24-18)15-4-2-3-14(20-15)12-5-7-13(8-6-12)17-22-9-10-23-17/h2-8,11,17H,1,9-10H2. The molecule has 0 N–H and O–H groups in total. The molecule has 0 unspecified atom stereocenters. The summed E-state index contributed by atoms with van der Waals surface area (Å²) in [7, 11) is 0. The predicted octanol–water partition coefficient (Wildman–Crippen LogP) is 4.25. The Morgan fingerprint density at radius 3 is 2.42 bits per heavy atom. The quantitative estimate of drug-likeness (QED) is 0.668. The van der Waals surface area contributed by atoms with Crippen molar-refractivity contribution in [3.8, 4) is 22.6 Å². The topological polar surface area (TPSA) is 56.6 Å². The molecule has 1 aliphatic rings. The number of hydrogen-bond acceptors (Lipinski definition) is 6. The first kappa shape index (κ1) is 15.1. The van der Waals surface area contributed by atoms with Crippen molar-refractivity contribution >= 4 is 23.2 Å². The van der Waals surface area contributed by atoms with Gasteiger partial charge in [0.05, 0.1) is 24.6 Å². The van der Waals surface area contributed by atoms with Gasteiger partial charge in [-0.25, -0.2) is 15.0 Å². The summed E-state index contributed by atoms with van der Waals surface area (Å²) in [5.74, 6) is 0. The van der Waals surface area contributed by atoms with Gasteiger partial charge in [-0.1, -0.05) is 30.3 Å². The molecule has 4 rings (SSSR count). The van der Waals surface area contributed by atoms with Gasteiger partial charge in [0, 0.05) is 16.5 Å². The Labute approximate surface area is 143 Å². The highest BCUT2D eigenvalue weighted by Crippen LogP contribution is 2.28. The molecule has 3 aromatic rings. The van der Waals surface area contributed by atoms with Gasteiger partial charge in [-0.05, 0) is 18.9 Å². The van der Waals surface area contributed by atoms with E-state index in [1.54, 1.807) is 0 Å². The predicted molar refractivity (Wildman–Crippen MR) is 94.6 cm³/mol. The van der Waals surface area contributed by atoms with E-state index in [1.165, 1.54) is 11.3 Å². The van der Waals surface area contributed by atoms with Crippen molar-refractivity contribution in [1.82, 2.24) is 9.97 Å². The number of rotatable bonds is 4. The maximum absolute atomic E-state index is 5.52. The van der Waals surface area contributed by atoms with E-state index in [1.807, 2.05) is 47.8 Å². The van der Waals surface area contributed by atoms with Crippen LogP contribution in [0.2, 0.25) is 0 Å². The van der Waals surface area contributed by atoms with Crippen LogP contribution < -0.4 is 0 Å². The number of pyridine rings is 1. The molecule has 1 fully saturated rings. The number of aliphatic imine (C=N–C) groups is 1. The lowest BCUT2D eigenvalue weighted by molar-refractivity contribution is -0.0441. The van der Waals surface area contributed by atoms with Gasteiger partial charge in [0.1, 0.15) is 5.69 Å². The van der Waals surface area contributed by atoms with Crippen LogP contribution in [0, 0.1) is 0 Å². The molecule has 24 heavy (non-hydrogen) atoms. The van der Waals surface area contributed by atoms with E-state index in [9.17, 15) is 0 Å². The molecule has 0 atom stereocenters. The minimum Gasteiger partial charge on any atom is -0.346 e. The minimum atomic E-state index is -0.252. The van der Waals surface area contributed by atoms with E-state index in [0.29, 0.717) is 18.3 Å². The van der Waals surface area contributed by atoms with Crippen LogP contribution in [0.25, 0.3) is 22.6 Å². The lowest BCUT2D eigenvalue weighted by Crippen LogP contribution is -1.97. The van der Waals surface area contributed by atoms with Gasteiger partial charge < -0.3 is 9.47 Å². The molecule has 1 saturated heterocycles. The first-order chi connectivity index (χ1) is 11.8. The number of aromatic nitrogens is 2. The van der Waals surface area contributed by atoms with Gasteiger partial charge >= 0.3 is 0 Å². The maximum Gasteiger partial charge on any atom is 0.209 e. The summed E-state index contributed by atoms with van der Waals surface area (Å²) in [6.07, 6.45) is -0.252. The molecule has 0 spiro atoms. The van der Waals surface area contributed by atoms with Crippen LogP contribution in [0.4, 0.5) is 5.13 Å². The van der Waals surface area contributed by atoms with Crippen molar-refractivity contribution in [3.63, 3.8) is 0 Å². The number of nitrogens with zero attached hydrogens (tertiary/aromatic N) is 3. The van der Waals surface area contributed by atoms with Gasteiger partial charge in [-0.15, -0.1) is 11.3 Å². The molecule has 0 aliphatic carbocycles. The van der Waals surface area contributed by atoms with Crippen molar-refractivity contribution in [3.05, 3.63) is 53.4 Å². The van der Waals surface area contributed by atoms with Crippen LogP contribution in [0.3, 0.4) is 0 Å². The van der Waals surface area contributed by atoms with Crippen LogP contribution >= 0.6 is 11.3 Å². The largest absolute Gasteiger partial charge is 0.346 e. The molecule has 1 aromatic carbocycles. The van der Waals surface area contributed by atoms with Crippen LogP contribution in [0.1, 0.15) is 11.9 Å². The summed E-state index contributed by atoms with van der Waals surface area (Å²) >= 11 is 1.45. The third-order valence-electron chi connectivity index (χ3n) is 3.74. The average molecular weight is 337 g/mol. The van der Waals surface area contributed by atoms with E-state index >= 15 is 0 Å². The van der Waals surface area contributed by atoms with Gasteiger partial charge in [-0.3, -0.25) is 0 Å². The second kappa shape index (κ2) is 6.60.